The van der Waals surface area contributed by atoms with Crippen LogP contribution < -0.4 is 10.6 Å². The van der Waals surface area contributed by atoms with Gasteiger partial charge in [-0.3, -0.25) is 14.4 Å². The zero-order valence-electron chi connectivity index (χ0n) is 17.9. The molecule has 170 valence electrons. The van der Waals surface area contributed by atoms with Crippen molar-refractivity contribution in [1.29, 1.82) is 0 Å². The number of amides is 3. The Morgan fingerprint density at radius 3 is 2.55 bits per heavy atom. The van der Waals surface area contributed by atoms with Crippen molar-refractivity contribution in [3.8, 4) is 0 Å². The number of aromatic nitrogens is 2. The van der Waals surface area contributed by atoms with E-state index in [1.807, 2.05) is 31.2 Å². The Hall–Kier alpha value is -3.30. The summed E-state index contributed by atoms with van der Waals surface area (Å²) in [5.74, 6) is -1.21. The van der Waals surface area contributed by atoms with E-state index in [4.69, 9.17) is 11.6 Å². The number of hydrogen-bond acceptors (Lipinski definition) is 6. The number of hydrogen-bond donors (Lipinski definition) is 2. The maximum Gasteiger partial charge on any atom is 0.286 e. The molecule has 1 unspecified atom stereocenters. The van der Waals surface area contributed by atoms with Crippen molar-refractivity contribution in [3.63, 3.8) is 0 Å². The molecule has 0 radical (unpaired) electrons. The summed E-state index contributed by atoms with van der Waals surface area (Å²) < 4.78 is 0. The molecule has 0 bridgehead atoms. The summed E-state index contributed by atoms with van der Waals surface area (Å²) in [6, 6.07) is 14.3. The van der Waals surface area contributed by atoms with E-state index in [9.17, 15) is 14.4 Å². The minimum Gasteiger partial charge on any atom is -0.336 e. The third-order valence-corrected chi connectivity index (χ3v) is 6.43. The van der Waals surface area contributed by atoms with Gasteiger partial charge in [0.15, 0.2) is 0 Å². The molecule has 0 aliphatic carbocycles. The lowest BCUT2D eigenvalue weighted by Gasteiger charge is -2.31. The number of nitrogens with zero attached hydrogens (tertiary/aromatic N) is 3. The van der Waals surface area contributed by atoms with E-state index < -0.39 is 5.91 Å². The SMILES string of the molecule is Cc1cccc(NC(=O)C2CCCN(C(=O)c3nnc(C(=O)Nc4ccc(Cl)cc4)s3)C2)c1. The van der Waals surface area contributed by atoms with Crippen LogP contribution in [0.1, 0.15) is 38.0 Å². The number of likely N-dealkylation sites (tertiary alicyclic amines) is 1. The van der Waals surface area contributed by atoms with Gasteiger partial charge in [0.25, 0.3) is 11.8 Å². The second-order valence-corrected chi connectivity index (χ2v) is 9.24. The summed E-state index contributed by atoms with van der Waals surface area (Å²) in [5, 5.41) is 14.2. The number of benzene rings is 2. The third kappa shape index (κ3) is 5.74. The first-order valence-electron chi connectivity index (χ1n) is 10.5. The molecule has 1 aliphatic rings. The number of nitrogens with one attached hydrogen (secondary N) is 2. The molecular formula is C23H22ClN5O3S. The number of anilines is 2. The summed E-state index contributed by atoms with van der Waals surface area (Å²) in [7, 11) is 0. The molecule has 1 aliphatic heterocycles. The lowest BCUT2D eigenvalue weighted by Crippen LogP contribution is -2.43. The van der Waals surface area contributed by atoms with Gasteiger partial charge in [-0.05, 0) is 61.7 Å². The van der Waals surface area contributed by atoms with Gasteiger partial charge in [-0.25, -0.2) is 0 Å². The van der Waals surface area contributed by atoms with Gasteiger partial charge in [0.2, 0.25) is 15.9 Å². The van der Waals surface area contributed by atoms with Crippen molar-refractivity contribution < 1.29 is 14.4 Å². The zero-order valence-corrected chi connectivity index (χ0v) is 19.4. The van der Waals surface area contributed by atoms with E-state index in [-0.39, 0.29) is 27.7 Å². The van der Waals surface area contributed by atoms with Crippen LogP contribution in [0.25, 0.3) is 0 Å². The minimum absolute atomic E-state index is 0.0825. The number of carbonyl (C=O) groups excluding carboxylic acids is 3. The highest BCUT2D eigenvalue weighted by Crippen LogP contribution is 2.23. The molecular weight excluding hydrogens is 462 g/mol. The quantitative estimate of drug-likeness (QED) is 0.564. The fraction of sp³-hybridized carbons (Fsp3) is 0.261. The first-order chi connectivity index (χ1) is 15.9. The van der Waals surface area contributed by atoms with Gasteiger partial charge >= 0.3 is 0 Å². The molecule has 0 spiro atoms. The maximum atomic E-state index is 13.0. The molecule has 0 saturated carbocycles. The van der Waals surface area contributed by atoms with E-state index in [1.165, 1.54) is 0 Å². The molecule has 1 aromatic heterocycles. The Morgan fingerprint density at radius 2 is 1.79 bits per heavy atom. The molecule has 3 aromatic rings. The van der Waals surface area contributed by atoms with Gasteiger partial charge in [0.05, 0.1) is 5.92 Å². The minimum atomic E-state index is -0.456. The molecule has 1 fully saturated rings. The van der Waals surface area contributed by atoms with Crippen molar-refractivity contribution >= 4 is 52.0 Å². The normalized spacial score (nSPS) is 15.7. The Bertz CT molecular complexity index is 1180. The Labute approximate surface area is 200 Å². The second-order valence-electron chi connectivity index (χ2n) is 7.82. The Balaban J connectivity index is 1.37. The second kappa shape index (κ2) is 10.1. The van der Waals surface area contributed by atoms with Crippen LogP contribution in [0.15, 0.2) is 48.5 Å². The van der Waals surface area contributed by atoms with Gasteiger partial charge < -0.3 is 15.5 Å². The van der Waals surface area contributed by atoms with Gasteiger partial charge in [0, 0.05) is 29.5 Å². The molecule has 33 heavy (non-hydrogen) atoms. The van der Waals surface area contributed by atoms with Gasteiger partial charge in [-0.15, -0.1) is 10.2 Å². The van der Waals surface area contributed by atoms with E-state index in [0.29, 0.717) is 36.6 Å². The van der Waals surface area contributed by atoms with Crippen molar-refractivity contribution in [1.82, 2.24) is 15.1 Å². The van der Waals surface area contributed by atoms with Crippen LogP contribution in [0.5, 0.6) is 0 Å². The monoisotopic (exact) mass is 483 g/mol. The van der Waals surface area contributed by atoms with E-state index in [1.54, 1.807) is 29.2 Å². The van der Waals surface area contributed by atoms with Crippen molar-refractivity contribution in [2.24, 2.45) is 5.92 Å². The third-order valence-electron chi connectivity index (χ3n) is 5.27. The highest BCUT2D eigenvalue weighted by molar-refractivity contribution is 7.15. The average molecular weight is 484 g/mol. The number of aryl methyl sites for hydroxylation is 1. The van der Waals surface area contributed by atoms with Crippen LogP contribution in [-0.2, 0) is 4.79 Å². The van der Waals surface area contributed by atoms with Gasteiger partial charge in [0.1, 0.15) is 0 Å². The fourth-order valence-electron chi connectivity index (χ4n) is 3.60. The number of piperidine rings is 1. The standard InChI is InChI=1S/C23H22ClN5O3S/c1-14-4-2-6-18(12-14)26-19(30)15-5-3-11-29(13-15)23(32)22-28-27-21(33-22)20(31)25-17-9-7-16(24)8-10-17/h2,4,6-10,12,15H,3,5,11,13H2,1H3,(H,25,31)(H,26,30). The summed E-state index contributed by atoms with van der Waals surface area (Å²) >= 11 is 6.78. The molecule has 3 amide bonds. The molecule has 2 aromatic carbocycles. The molecule has 1 saturated heterocycles. The molecule has 2 heterocycles. The van der Waals surface area contributed by atoms with E-state index in [2.05, 4.69) is 20.8 Å². The van der Waals surface area contributed by atoms with E-state index >= 15 is 0 Å². The highest BCUT2D eigenvalue weighted by atomic mass is 35.5. The first kappa shape index (κ1) is 22.9. The predicted molar refractivity (Wildman–Crippen MR) is 128 cm³/mol. The largest absolute Gasteiger partial charge is 0.336 e. The van der Waals surface area contributed by atoms with E-state index in [0.717, 1.165) is 22.6 Å². The summed E-state index contributed by atoms with van der Waals surface area (Å²) in [6.45, 7) is 2.78. The Kier molecular flexibility index (Phi) is 7.00. The van der Waals surface area contributed by atoms with Crippen LogP contribution in [0.3, 0.4) is 0 Å². The van der Waals surface area contributed by atoms with Crippen LogP contribution in [0.4, 0.5) is 11.4 Å². The topological polar surface area (TPSA) is 104 Å². The predicted octanol–water partition coefficient (Wildman–Crippen LogP) is 4.24. The Morgan fingerprint density at radius 1 is 1.03 bits per heavy atom. The summed E-state index contributed by atoms with van der Waals surface area (Å²) in [6.07, 6.45) is 1.41. The maximum absolute atomic E-state index is 13.0. The number of carbonyl (C=O) groups is 3. The summed E-state index contributed by atoms with van der Waals surface area (Å²) in [5.41, 5.74) is 2.36. The molecule has 8 nitrogen and oxygen atoms in total. The first-order valence-corrected chi connectivity index (χ1v) is 11.7. The summed E-state index contributed by atoms with van der Waals surface area (Å²) in [4.78, 5) is 39.7. The smallest absolute Gasteiger partial charge is 0.286 e. The van der Waals surface area contributed by atoms with Crippen molar-refractivity contribution in [3.05, 3.63) is 69.1 Å². The molecule has 4 rings (SSSR count). The van der Waals surface area contributed by atoms with Crippen molar-refractivity contribution in [2.75, 3.05) is 23.7 Å². The van der Waals surface area contributed by atoms with Crippen molar-refractivity contribution in [2.45, 2.75) is 19.8 Å². The number of halogens is 1. The zero-order chi connectivity index (χ0) is 23.4. The molecule has 1 atom stereocenters. The highest BCUT2D eigenvalue weighted by Gasteiger charge is 2.31. The number of rotatable bonds is 5. The lowest BCUT2D eigenvalue weighted by atomic mass is 9.97. The van der Waals surface area contributed by atoms with Crippen LogP contribution in [0.2, 0.25) is 5.02 Å². The molecule has 10 heteroatoms. The molecule has 2 N–H and O–H groups in total. The van der Waals surface area contributed by atoms with Crippen LogP contribution in [0, 0.1) is 12.8 Å². The average Bonchev–Trinajstić information content (AvgIpc) is 3.31. The lowest BCUT2D eigenvalue weighted by molar-refractivity contribution is -0.121. The van der Waals surface area contributed by atoms with Gasteiger partial charge in [-0.2, -0.15) is 0 Å². The van der Waals surface area contributed by atoms with Crippen LogP contribution >= 0.6 is 22.9 Å². The fourth-order valence-corrected chi connectivity index (χ4v) is 4.43. The van der Waals surface area contributed by atoms with Gasteiger partial charge in [-0.1, -0.05) is 35.1 Å². The van der Waals surface area contributed by atoms with Crippen LogP contribution in [-0.4, -0.2) is 45.9 Å².